The van der Waals surface area contributed by atoms with Gasteiger partial charge in [-0.05, 0) is 19.9 Å². The maximum atomic E-state index is 12.1. The molecular formula is C11H16F3N3O. The van der Waals surface area contributed by atoms with Crippen LogP contribution in [0.3, 0.4) is 0 Å². The Morgan fingerprint density at radius 3 is 2.67 bits per heavy atom. The van der Waals surface area contributed by atoms with Crippen molar-refractivity contribution in [3.8, 4) is 0 Å². The summed E-state index contributed by atoms with van der Waals surface area (Å²) in [6.07, 6.45) is -3.77. The highest BCUT2D eigenvalue weighted by Gasteiger charge is 2.30. The molecule has 0 spiro atoms. The number of rotatable bonds is 4. The summed E-state index contributed by atoms with van der Waals surface area (Å²) in [5, 5.41) is 2.31. The standard InChI is InChI=1S/C11H16F3N3O/c1-3-17-6-8(15)4-9(17)10(18)16-7(2)5-11(12,13)14/h4,6-7H,3,5,15H2,1-2H3,(H,16,18). The smallest absolute Gasteiger partial charge is 0.391 e. The van der Waals surface area contributed by atoms with Crippen LogP contribution in [0.5, 0.6) is 0 Å². The summed E-state index contributed by atoms with van der Waals surface area (Å²) in [5.41, 5.74) is 6.22. The maximum absolute atomic E-state index is 12.1. The Labute approximate surface area is 103 Å². The van der Waals surface area contributed by atoms with E-state index in [9.17, 15) is 18.0 Å². The number of anilines is 1. The van der Waals surface area contributed by atoms with Crippen LogP contribution in [0.1, 0.15) is 30.8 Å². The Kier molecular flexibility index (Phi) is 4.26. The van der Waals surface area contributed by atoms with E-state index in [1.807, 2.05) is 6.92 Å². The summed E-state index contributed by atoms with van der Waals surface area (Å²) in [4.78, 5) is 11.8. The van der Waals surface area contributed by atoms with E-state index in [2.05, 4.69) is 5.32 Å². The van der Waals surface area contributed by atoms with Gasteiger partial charge < -0.3 is 15.6 Å². The minimum Gasteiger partial charge on any atom is -0.397 e. The Balaban J connectivity index is 2.70. The Morgan fingerprint density at radius 1 is 1.56 bits per heavy atom. The van der Waals surface area contributed by atoms with E-state index in [0.717, 1.165) is 0 Å². The molecule has 4 nitrogen and oxygen atoms in total. The molecule has 1 aromatic heterocycles. The lowest BCUT2D eigenvalue weighted by Crippen LogP contribution is -2.36. The molecule has 0 radical (unpaired) electrons. The second kappa shape index (κ2) is 5.32. The molecule has 0 fully saturated rings. The zero-order chi connectivity index (χ0) is 13.9. The molecule has 0 saturated heterocycles. The lowest BCUT2D eigenvalue weighted by atomic mass is 10.2. The van der Waals surface area contributed by atoms with Crippen LogP contribution in [0, 0.1) is 0 Å². The highest BCUT2D eigenvalue weighted by atomic mass is 19.4. The number of nitrogens with one attached hydrogen (secondary N) is 1. The quantitative estimate of drug-likeness (QED) is 0.874. The molecule has 0 aromatic carbocycles. The number of nitrogens with zero attached hydrogens (tertiary/aromatic N) is 1. The van der Waals surface area contributed by atoms with Crippen molar-refractivity contribution in [2.75, 3.05) is 5.73 Å². The van der Waals surface area contributed by atoms with Gasteiger partial charge in [-0.15, -0.1) is 0 Å². The number of halogens is 3. The van der Waals surface area contributed by atoms with Crippen molar-refractivity contribution in [3.05, 3.63) is 18.0 Å². The van der Waals surface area contributed by atoms with Gasteiger partial charge in [0.1, 0.15) is 5.69 Å². The van der Waals surface area contributed by atoms with E-state index in [1.54, 1.807) is 10.8 Å². The van der Waals surface area contributed by atoms with Gasteiger partial charge in [0.25, 0.3) is 5.91 Å². The maximum Gasteiger partial charge on any atom is 0.391 e. The van der Waals surface area contributed by atoms with Gasteiger partial charge in [0.05, 0.1) is 12.1 Å². The molecule has 1 rings (SSSR count). The molecule has 0 aliphatic carbocycles. The van der Waals surface area contributed by atoms with Crippen molar-refractivity contribution in [2.24, 2.45) is 0 Å². The Hall–Kier alpha value is -1.66. The highest BCUT2D eigenvalue weighted by Crippen LogP contribution is 2.21. The van der Waals surface area contributed by atoms with E-state index in [0.29, 0.717) is 12.2 Å². The van der Waals surface area contributed by atoms with Gasteiger partial charge >= 0.3 is 6.18 Å². The molecule has 0 aliphatic heterocycles. The normalized spacial score (nSPS) is 13.4. The van der Waals surface area contributed by atoms with Crippen LogP contribution in [0.4, 0.5) is 18.9 Å². The van der Waals surface area contributed by atoms with Crippen molar-refractivity contribution in [1.29, 1.82) is 0 Å². The van der Waals surface area contributed by atoms with Crippen LogP contribution in [0.25, 0.3) is 0 Å². The number of aromatic nitrogens is 1. The average Bonchev–Trinajstić information content (AvgIpc) is 2.56. The van der Waals surface area contributed by atoms with Gasteiger partial charge in [-0.1, -0.05) is 0 Å². The summed E-state index contributed by atoms with van der Waals surface area (Å²) < 4.78 is 38.0. The zero-order valence-corrected chi connectivity index (χ0v) is 10.2. The third kappa shape index (κ3) is 3.97. The zero-order valence-electron chi connectivity index (χ0n) is 10.2. The number of hydrogen-bond acceptors (Lipinski definition) is 2. The van der Waals surface area contributed by atoms with Crippen LogP contribution < -0.4 is 11.1 Å². The number of carbonyl (C=O) groups is 1. The van der Waals surface area contributed by atoms with Gasteiger partial charge in [0, 0.05) is 18.8 Å². The number of aryl methyl sites for hydroxylation is 1. The molecule has 1 atom stereocenters. The SMILES string of the molecule is CCn1cc(N)cc1C(=O)NC(C)CC(F)(F)F. The Morgan fingerprint density at radius 2 is 2.17 bits per heavy atom. The molecule has 1 amide bonds. The molecule has 3 N–H and O–H groups in total. The van der Waals surface area contributed by atoms with Gasteiger partial charge in [-0.2, -0.15) is 13.2 Å². The molecule has 7 heteroatoms. The first-order chi connectivity index (χ1) is 8.23. The fourth-order valence-corrected chi connectivity index (χ4v) is 1.68. The lowest BCUT2D eigenvalue weighted by Gasteiger charge is -2.16. The van der Waals surface area contributed by atoms with E-state index in [4.69, 9.17) is 5.73 Å². The summed E-state index contributed by atoms with van der Waals surface area (Å²) in [7, 11) is 0. The van der Waals surface area contributed by atoms with Gasteiger partial charge in [0.2, 0.25) is 0 Å². The molecular weight excluding hydrogens is 247 g/mol. The fraction of sp³-hybridized carbons (Fsp3) is 0.545. The first-order valence-corrected chi connectivity index (χ1v) is 5.56. The summed E-state index contributed by atoms with van der Waals surface area (Å²) in [6, 6.07) is 0.470. The van der Waals surface area contributed by atoms with E-state index >= 15 is 0 Å². The first kappa shape index (κ1) is 14.4. The first-order valence-electron chi connectivity index (χ1n) is 5.56. The van der Waals surface area contributed by atoms with Crippen LogP contribution >= 0.6 is 0 Å². The summed E-state index contributed by atoms with van der Waals surface area (Å²) in [6.45, 7) is 3.65. The molecule has 102 valence electrons. The molecule has 0 bridgehead atoms. The third-order valence-electron chi connectivity index (χ3n) is 2.41. The molecule has 1 heterocycles. The van der Waals surface area contributed by atoms with Crippen molar-refractivity contribution >= 4 is 11.6 Å². The van der Waals surface area contributed by atoms with E-state index in [1.165, 1.54) is 13.0 Å². The summed E-state index contributed by atoms with van der Waals surface area (Å²) in [5.74, 6) is -0.551. The monoisotopic (exact) mass is 263 g/mol. The minimum atomic E-state index is -4.29. The molecule has 1 aromatic rings. The van der Waals surface area contributed by atoms with Crippen molar-refractivity contribution < 1.29 is 18.0 Å². The predicted octanol–water partition coefficient (Wildman–Crippen LogP) is 2.16. The van der Waals surface area contributed by atoms with Gasteiger partial charge in [-0.3, -0.25) is 4.79 Å². The molecule has 18 heavy (non-hydrogen) atoms. The predicted molar refractivity (Wildman–Crippen MR) is 62.1 cm³/mol. The van der Waals surface area contributed by atoms with Crippen molar-refractivity contribution in [1.82, 2.24) is 9.88 Å². The average molecular weight is 263 g/mol. The summed E-state index contributed by atoms with van der Waals surface area (Å²) >= 11 is 0. The second-order valence-electron chi connectivity index (χ2n) is 4.14. The molecule has 0 aliphatic rings. The van der Waals surface area contributed by atoms with Crippen molar-refractivity contribution in [3.63, 3.8) is 0 Å². The number of hydrogen-bond donors (Lipinski definition) is 2. The van der Waals surface area contributed by atoms with Crippen LogP contribution in [-0.4, -0.2) is 22.7 Å². The van der Waals surface area contributed by atoms with E-state index in [-0.39, 0.29) is 5.69 Å². The number of amides is 1. The molecule has 1 unspecified atom stereocenters. The van der Waals surface area contributed by atoms with Gasteiger partial charge in [0.15, 0.2) is 0 Å². The number of nitrogen functional groups attached to an aromatic ring is 1. The number of alkyl halides is 3. The van der Waals surface area contributed by atoms with Crippen LogP contribution in [-0.2, 0) is 6.54 Å². The van der Waals surface area contributed by atoms with E-state index < -0.39 is 24.5 Å². The lowest BCUT2D eigenvalue weighted by molar-refractivity contribution is -0.138. The number of carbonyl (C=O) groups excluding carboxylic acids is 1. The minimum absolute atomic E-state index is 0.268. The fourth-order valence-electron chi connectivity index (χ4n) is 1.68. The van der Waals surface area contributed by atoms with Gasteiger partial charge in [-0.25, -0.2) is 0 Å². The van der Waals surface area contributed by atoms with Crippen LogP contribution in [0.2, 0.25) is 0 Å². The number of nitrogens with two attached hydrogens (primary N) is 1. The highest BCUT2D eigenvalue weighted by molar-refractivity contribution is 5.94. The topological polar surface area (TPSA) is 60.0 Å². The second-order valence-corrected chi connectivity index (χ2v) is 4.14. The third-order valence-corrected chi connectivity index (χ3v) is 2.41. The van der Waals surface area contributed by atoms with Crippen LogP contribution in [0.15, 0.2) is 12.3 Å². The Bertz CT molecular complexity index is 426. The van der Waals surface area contributed by atoms with Crippen molar-refractivity contribution in [2.45, 2.75) is 39.0 Å². The largest absolute Gasteiger partial charge is 0.397 e. The molecule has 0 saturated carbocycles.